The van der Waals surface area contributed by atoms with Gasteiger partial charge in [-0.25, -0.2) is 9.67 Å². The van der Waals surface area contributed by atoms with Crippen LogP contribution in [0.3, 0.4) is 0 Å². The van der Waals surface area contributed by atoms with Crippen LogP contribution in [0.2, 0.25) is 5.15 Å². The predicted molar refractivity (Wildman–Crippen MR) is 68.6 cm³/mol. The van der Waals surface area contributed by atoms with E-state index < -0.39 is 0 Å². The molecule has 0 bridgehead atoms. The van der Waals surface area contributed by atoms with E-state index in [4.69, 9.17) is 11.6 Å². The molecule has 0 saturated carbocycles. The topological polar surface area (TPSA) is 30.7 Å². The van der Waals surface area contributed by atoms with Crippen LogP contribution in [-0.2, 0) is 0 Å². The fraction of sp³-hybridized carbons (Fsp3) is 0.0769. The number of pyridine rings is 1. The Hall–Kier alpha value is -1.87. The summed E-state index contributed by atoms with van der Waals surface area (Å²) in [5, 5.41) is 5.93. The first-order chi connectivity index (χ1) is 8.27. The highest BCUT2D eigenvalue weighted by Gasteiger charge is 2.11. The molecule has 0 spiro atoms. The molecule has 2 heterocycles. The zero-order chi connectivity index (χ0) is 11.8. The summed E-state index contributed by atoms with van der Waals surface area (Å²) in [4.78, 5) is 4.09. The number of para-hydroxylation sites is 1. The maximum Gasteiger partial charge on any atom is 0.140 e. The molecule has 17 heavy (non-hydrogen) atoms. The van der Waals surface area contributed by atoms with Gasteiger partial charge in [-0.05, 0) is 25.1 Å². The van der Waals surface area contributed by atoms with Gasteiger partial charge in [-0.3, -0.25) is 0 Å². The van der Waals surface area contributed by atoms with Crippen LogP contribution in [0.4, 0.5) is 0 Å². The summed E-state index contributed by atoms with van der Waals surface area (Å²) in [6.07, 6.45) is 1.70. The Kier molecular flexibility index (Phi) is 2.34. The highest BCUT2D eigenvalue weighted by Crippen LogP contribution is 2.26. The summed E-state index contributed by atoms with van der Waals surface area (Å²) in [7, 11) is 0. The molecule has 0 aliphatic heterocycles. The summed E-state index contributed by atoms with van der Waals surface area (Å²) < 4.78 is 1.89. The molecule has 2 aromatic heterocycles. The molecular weight excluding hydrogens is 234 g/mol. The van der Waals surface area contributed by atoms with Crippen LogP contribution in [-0.4, -0.2) is 14.8 Å². The van der Waals surface area contributed by atoms with Gasteiger partial charge in [-0.1, -0.05) is 29.8 Å². The number of halogens is 1. The van der Waals surface area contributed by atoms with E-state index in [-0.39, 0.29) is 0 Å². The third-order valence-electron chi connectivity index (χ3n) is 2.72. The second kappa shape index (κ2) is 3.86. The molecule has 0 unspecified atom stereocenters. The minimum absolute atomic E-state index is 0.502. The minimum atomic E-state index is 0.502. The van der Waals surface area contributed by atoms with E-state index in [1.807, 2.05) is 48.0 Å². The molecule has 0 aliphatic rings. The molecule has 4 heteroatoms. The summed E-state index contributed by atoms with van der Waals surface area (Å²) >= 11 is 6.10. The molecule has 3 nitrogen and oxygen atoms in total. The largest absolute Gasteiger partial charge is 0.244 e. The summed E-state index contributed by atoms with van der Waals surface area (Å²) in [5.41, 5.74) is 2.89. The number of aromatic nitrogens is 3. The number of aryl methyl sites for hydroxylation is 1. The predicted octanol–water partition coefficient (Wildman–Crippen LogP) is 3.38. The van der Waals surface area contributed by atoms with Crippen LogP contribution in [0.1, 0.15) is 5.69 Å². The average Bonchev–Trinajstić information content (AvgIpc) is 2.69. The van der Waals surface area contributed by atoms with Gasteiger partial charge in [0.2, 0.25) is 0 Å². The van der Waals surface area contributed by atoms with Gasteiger partial charge in [0.1, 0.15) is 5.15 Å². The maximum atomic E-state index is 6.10. The van der Waals surface area contributed by atoms with E-state index in [1.54, 1.807) is 6.20 Å². The van der Waals surface area contributed by atoms with Crippen molar-refractivity contribution >= 4 is 22.5 Å². The molecule has 0 radical (unpaired) electrons. The molecule has 3 rings (SSSR count). The molecule has 0 aliphatic carbocycles. The van der Waals surface area contributed by atoms with Gasteiger partial charge in [-0.2, -0.15) is 5.10 Å². The van der Waals surface area contributed by atoms with Gasteiger partial charge >= 0.3 is 0 Å². The molecular formula is C13H10ClN3. The number of fused-ring (bicyclic) bond motifs is 1. The number of rotatable bonds is 1. The lowest BCUT2D eigenvalue weighted by molar-refractivity contribution is 0.889. The van der Waals surface area contributed by atoms with Crippen LogP contribution in [0.5, 0.6) is 0 Å². The van der Waals surface area contributed by atoms with Gasteiger partial charge < -0.3 is 0 Å². The quantitative estimate of drug-likeness (QED) is 0.614. The Bertz CT molecular complexity index is 674. The Balaban J connectivity index is 2.36. The van der Waals surface area contributed by atoms with Gasteiger partial charge in [0, 0.05) is 6.20 Å². The third kappa shape index (κ3) is 1.59. The van der Waals surface area contributed by atoms with Crippen molar-refractivity contribution in [1.29, 1.82) is 0 Å². The second-order valence-corrected chi connectivity index (χ2v) is 4.19. The lowest BCUT2D eigenvalue weighted by atomic mass is 10.2. The van der Waals surface area contributed by atoms with E-state index in [2.05, 4.69) is 10.1 Å². The minimum Gasteiger partial charge on any atom is -0.244 e. The Labute approximate surface area is 104 Å². The van der Waals surface area contributed by atoms with E-state index in [1.165, 1.54) is 0 Å². The summed E-state index contributed by atoms with van der Waals surface area (Å²) in [6.45, 7) is 1.94. The SMILES string of the molecule is Cc1nn(-c2ccccc2)c2ccnc(Cl)c12. The van der Waals surface area contributed by atoms with Crippen molar-refractivity contribution in [1.82, 2.24) is 14.8 Å². The smallest absolute Gasteiger partial charge is 0.140 e. The fourth-order valence-corrected chi connectivity index (χ4v) is 2.25. The zero-order valence-corrected chi connectivity index (χ0v) is 10.0. The van der Waals surface area contributed by atoms with Crippen LogP contribution < -0.4 is 0 Å². The Morgan fingerprint density at radius 2 is 1.88 bits per heavy atom. The number of hydrogen-bond acceptors (Lipinski definition) is 2. The molecule has 0 saturated heterocycles. The van der Waals surface area contributed by atoms with Gasteiger partial charge in [0.25, 0.3) is 0 Å². The maximum absolute atomic E-state index is 6.10. The van der Waals surface area contributed by atoms with Crippen molar-refractivity contribution in [3.05, 3.63) is 53.4 Å². The van der Waals surface area contributed by atoms with Crippen molar-refractivity contribution in [2.45, 2.75) is 6.92 Å². The standard InChI is InChI=1S/C13H10ClN3/c1-9-12-11(7-8-15-13(12)14)17(16-9)10-5-3-2-4-6-10/h2-8H,1H3. The number of benzene rings is 1. The first-order valence-electron chi connectivity index (χ1n) is 5.32. The lowest BCUT2D eigenvalue weighted by Gasteiger charge is -2.02. The first kappa shape index (κ1) is 10.3. The fourth-order valence-electron chi connectivity index (χ4n) is 1.96. The van der Waals surface area contributed by atoms with E-state index >= 15 is 0 Å². The highest BCUT2D eigenvalue weighted by molar-refractivity contribution is 6.34. The molecule has 0 amide bonds. The molecule has 84 valence electrons. The first-order valence-corrected chi connectivity index (χ1v) is 5.70. The van der Waals surface area contributed by atoms with Crippen molar-refractivity contribution < 1.29 is 0 Å². The highest BCUT2D eigenvalue weighted by atomic mass is 35.5. The second-order valence-electron chi connectivity index (χ2n) is 3.83. The van der Waals surface area contributed by atoms with Gasteiger partial charge in [-0.15, -0.1) is 0 Å². The molecule has 1 aromatic carbocycles. The molecule has 3 aromatic rings. The molecule has 0 atom stereocenters. The Morgan fingerprint density at radius 3 is 2.65 bits per heavy atom. The van der Waals surface area contributed by atoms with Crippen LogP contribution in [0.25, 0.3) is 16.6 Å². The Morgan fingerprint density at radius 1 is 1.12 bits per heavy atom. The molecule has 0 N–H and O–H groups in total. The average molecular weight is 244 g/mol. The van der Waals surface area contributed by atoms with E-state index in [0.29, 0.717) is 5.15 Å². The lowest BCUT2D eigenvalue weighted by Crippen LogP contribution is -1.95. The van der Waals surface area contributed by atoms with Crippen LogP contribution in [0, 0.1) is 6.92 Å². The van der Waals surface area contributed by atoms with Gasteiger partial charge in [0.05, 0.1) is 22.3 Å². The van der Waals surface area contributed by atoms with Crippen LogP contribution >= 0.6 is 11.6 Å². The number of nitrogens with zero attached hydrogens (tertiary/aromatic N) is 3. The summed E-state index contributed by atoms with van der Waals surface area (Å²) in [5.74, 6) is 0. The van der Waals surface area contributed by atoms with Crippen molar-refractivity contribution in [2.75, 3.05) is 0 Å². The normalized spacial score (nSPS) is 10.9. The third-order valence-corrected chi connectivity index (χ3v) is 3.01. The van der Waals surface area contributed by atoms with E-state index in [9.17, 15) is 0 Å². The summed E-state index contributed by atoms with van der Waals surface area (Å²) in [6, 6.07) is 11.9. The van der Waals surface area contributed by atoms with Crippen molar-refractivity contribution in [2.24, 2.45) is 0 Å². The van der Waals surface area contributed by atoms with Crippen molar-refractivity contribution in [3.8, 4) is 5.69 Å². The van der Waals surface area contributed by atoms with Crippen LogP contribution in [0.15, 0.2) is 42.6 Å². The number of hydrogen-bond donors (Lipinski definition) is 0. The monoisotopic (exact) mass is 243 g/mol. The van der Waals surface area contributed by atoms with Crippen molar-refractivity contribution in [3.63, 3.8) is 0 Å². The molecule has 0 fully saturated rings. The van der Waals surface area contributed by atoms with Gasteiger partial charge in [0.15, 0.2) is 0 Å². The van der Waals surface area contributed by atoms with E-state index in [0.717, 1.165) is 22.3 Å². The zero-order valence-electron chi connectivity index (χ0n) is 9.26.